The van der Waals surface area contributed by atoms with Gasteiger partial charge in [-0.25, -0.2) is 5.43 Å². The van der Waals surface area contributed by atoms with Crippen LogP contribution in [0.25, 0.3) is 10.8 Å². The highest BCUT2D eigenvalue weighted by Crippen LogP contribution is 2.22. The molecular formula is C19H17N3O2. The van der Waals surface area contributed by atoms with Crippen molar-refractivity contribution in [3.63, 3.8) is 0 Å². The van der Waals surface area contributed by atoms with Gasteiger partial charge in [-0.3, -0.25) is 4.79 Å². The molecule has 0 unspecified atom stereocenters. The van der Waals surface area contributed by atoms with Gasteiger partial charge in [-0.15, -0.1) is 0 Å². The molecule has 5 nitrogen and oxygen atoms in total. The van der Waals surface area contributed by atoms with Gasteiger partial charge in [-0.1, -0.05) is 48.5 Å². The molecule has 0 aliphatic heterocycles. The number of amides is 1. The lowest BCUT2D eigenvalue weighted by Crippen LogP contribution is -2.25. The number of nitrogens with zero attached hydrogens (tertiary/aromatic N) is 1. The number of hydrogen-bond acceptors (Lipinski definition) is 4. The van der Waals surface area contributed by atoms with E-state index < -0.39 is 0 Å². The van der Waals surface area contributed by atoms with Crippen LogP contribution < -0.4 is 10.7 Å². The van der Waals surface area contributed by atoms with Crippen molar-refractivity contribution in [3.8, 4) is 5.75 Å². The maximum Gasteiger partial charge on any atom is 0.259 e. The number of hydrogen-bond donors (Lipinski definition) is 3. The molecule has 0 bridgehead atoms. The van der Waals surface area contributed by atoms with Crippen LogP contribution in [0.15, 0.2) is 71.8 Å². The summed E-state index contributed by atoms with van der Waals surface area (Å²) in [6.07, 6.45) is 1.48. The lowest BCUT2D eigenvalue weighted by Gasteiger charge is -2.08. The van der Waals surface area contributed by atoms with E-state index in [0.29, 0.717) is 5.56 Å². The lowest BCUT2D eigenvalue weighted by molar-refractivity contribution is -0.119. The molecule has 0 spiro atoms. The quantitative estimate of drug-likeness (QED) is 0.500. The van der Waals surface area contributed by atoms with E-state index in [0.717, 1.165) is 16.5 Å². The first kappa shape index (κ1) is 15.6. The minimum atomic E-state index is -0.251. The second-order valence-electron chi connectivity index (χ2n) is 5.27. The summed E-state index contributed by atoms with van der Waals surface area (Å²) in [5.74, 6) is -0.0952. The summed E-state index contributed by atoms with van der Waals surface area (Å²) >= 11 is 0. The molecule has 0 saturated carbocycles. The third kappa shape index (κ3) is 3.89. The second kappa shape index (κ2) is 7.28. The number of fused-ring (bicyclic) bond motifs is 1. The predicted octanol–water partition coefficient (Wildman–Crippen LogP) is 3.11. The third-order valence-electron chi connectivity index (χ3n) is 3.50. The zero-order chi connectivity index (χ0) is 16.8. The van der Waals surface area contributed by atoms with E-state index in [1.165, 1.54) is 6.21 Å². The van der Waals surface area contributed by atoms with E-state index in [-0.39, 0.29) is 18.2 Å². The Morgan fingerprint density at radius 1 is 1.04 bits per heavy atom. The van der Waals surface area contributed by atoms with Crippen LogP contribution >= 0.6 is 0 Å². The minimum Gasteiger partial charge on any atom is -0.508 e. The van der Waals surface area contributed by atoms with Crippen LogP contribution in [-0.4, -0.2) is 23.8 Å². The fraction of sp³-hybridized carbons (Fsp3) is 0.0526. The highest BCUT2D eigenvalue weighted by molar-refractivity contribution is 5.95. The summed E-state index contributed by atoms with van der Waals surface area (Å²) < 4.78 is 0. The number of nitrogens with one attached hydrogen (secondary N) is 2. The molecule has 0 aliphatic rings. The molecule has 0 radical (unpaired) electrons. The Morgan fingerprint density at radius 2 is 1.83 bits per heavy atom. The number of carbonyl (C=O) groups is 1. The summed E-state index contributed by atoms with van der Waals surface area (Å²) in [6.45, 7) is 0.116. The van der Waals surface area contributed by atoms with E-state index in [1.807, 2.05) is 42.5 Å². The molecule has 3 aromatic rings. The number of hydrazone groups is 1. The van der Waals surface area contributed by atoms with E-state index in [1.54, 1.807) is 24.3 Å². The molecule has 0 saturated heterocycles. The van der Waals surface area contributed by atoms with Gasteiger partial charge >= 0.3 is 0 Å². The molecule has 0 aromatic heterocycles. The molecule has 0 heterocycles. The maximum absolute atomic E-state index is 11.9. The van der Waals surface area contributed by atoms with E-state index in [4.69, 9.17) is 0 Å². The fourth-order valence-electron chi connectivity index (χ4n) is 2.38. The topological polar surface area (TPSA) is 73.7 Å². The van der Waals surface area contributed by atoms with E-state index in [9.17, 15) is 9.90 Å². The number of phenols is 1. The number of phenolic OH excluding ortho intramolecular Hbond substituents is 1. The van der Waals surface area contributed by atoms with Crippen LogP contribution in [0, 0.1) is 0 Å². The predicted molar refractivity (Wildman–Crippen MR) is 96.3 cm³/mol. The third-order valence-corrected chi connectivity index (χ3v) is 3.50. The van der Waals surface area contributed by atoms with Gasteiger partial charge in [-0.2, -0.15) is 5.10 Å². The lowest BCUT2D eigenvalue weighted by atomic mass is 10.1. The molecule has 5 heteroatoms. The van der Waals surface area contributed by atoms with E-state index >= 15 is 0 Å². The zero-order valence-electron chi connectivity index (χ0n) is 12.9. The minimum absolute atomic E-state index is 0.116. The summed E-state index contributed by atoms with van der Waals surface area (Å²) in [5.41, 5.74) is 4.06. The summed E-state index contributed by atoms with van der Waals surface area (Å²) in [6, 6.07) is 20.5. The highest BCUT2D eigenvalue weighted by Gasteiger charge is 2.03. The molecule has 1 amide bonds. The first-order chi connectivity index (χ1) is 11.7. The number of anilines is 1. The van der Waals surface area contributed by atoms with Gasteiger partial charge in [-0.05, 0) is 29.1 Å². The number of benzene rings is 3. The Labute approximate surface area is 139 Å². The van der Waals surface area contributed by atoms with Crippen LogP contribution in [0.2, 0.25) is 0 Å². The molecule has 0 atom stereocenters. The van der Waals surface area contributed by atoms with Gasteiger partial charge in [0.2, 0.25) is 0 Å². The summed E-state index contributed by atoms with van der Waals surface area (Å²) in [4.78, 5) is 11.9. The van der Waals surface area contributed by atoms with Crippen molar-refractivity contribution in [1.29, 1.82) is 0 Å². The molecule has 3 aromatic carbocycles. The molecular weight excluding hydrogens is 302 g/mol. The van der Waals surface area contributed by atoms with Gasteiger partial charge in [0.15, 0.2) is 0 Å². The molecule has 0 fully saturated rings. The summed E-state index contributed by atoms with van der Waals surface area (Å²) in [5, 5.41) is 18.5. The maximum atomic E-state index is 11.9. The SMILES string of the molecule is O=C(CNc1cccc2ccccc12)N/N=C/c1cccc(O)c1. The Morgan fingerprint density at radius 3 is 2.71 bits per heavy atom. The highest BCUT2D eigenvalue weighted by atomic mass is 16.3. The average molecular weight is 319 g/mol. The van der Waals surface area contributed by atoms with Crippen LogP contribution in [0.1, 0.15) is 5.56 Å². The van der Waals surface area contributed by atoms with Crippen molar-refractivity contribution in [2.75, 3.05) is 11.9 Å². The molecule has 120 valence electrons. The molecule has 3 rings (SSSR count). The van der Waals surface area contributed by atoms with E-state index in [2.05, 4.69) is 15.8 Å². The Bertz CT molecular complexity index is 885. The van der Waals surface area contributed by atoms with Crippen molar-refractivity contribution in [2.45, 2.75) is 0 Å². The number of carbonyl (C=O) groups excluding carboxylic acids is 1. The van der Waals surface area contributed by atoms with Gasteiger partial charge in [0, 0.05) is 11.1 Å². The van der Waals surface area contributed by atoms with Gasteiger partial charge in [0.25, 0.3) is 5.91 Å². The standard InChI is InChI=1S/C19H17N3O2/c23-16-8-3-5-14(11-16)12-21-22-19(24)13-20-18-10-4-7-15-6-1-2-9-17(15)18/h1-12,20,23H,13H2,(H,22,24)/b21-12+. The summed E-state index contributed by atoms with van der Waals surface area (Å²) in [7, 11) is 0. The molecule has 3 N–H and O–H groups in total. The largest absolute Gasteiger partial charge is 0.508 e. The van der Waals surface area contributed by atoms with Crippen molar-refractivity contribution in [2.24, 2.45) is 5.10 Å². The first-order valence-electron chi connectivity index (χ1n) is 7.55. The van der Waals surface area contributed by atoms with Crippen molar-refractivity contribution >= 4 is 28.6 Å². The number of aromatic hydroxyl groups is 1. The molecule has 24 heavy (non-hydrogen) atoms. The Kier molecular flexibility index (Phi) is 4.72. The Balaban J connectivity index is 1.57. The smallest absolute Gasteiger partial charge is 0.259 e. The number of rotatable bonds is 5. The van der Waals surface area contributed by atoms with Crippen LogP contribution in [-0.2, 0) is 4.79 Å². The van der Waals surface area contributed by atoms with Crippen LogP contribution in [0.5, 0.6) is 5.75 Å². The normalized spacial score (nSPS) is 10.8. The first-order valence-corrected chi connectivity index (χ1v) is 7.55. The van der Waals surface area contributed by atoms with Gasteiger partial charge in [0.05, 0.1) is 12.8 Å². The van der Waals surface area contributed by atoms with Crippen molar-refractivity contribution < 1.29 is 9.90 Å². The van der Waals surface area contributed by atoms with Gasteiger partial charge in [0.1, 0.15) is 5.75 Å². The fourth-order valence-corrected chi connectivity index (χ4v) is 2.38. The van der Waals surface area contributed by atoms with Crippen LogP contribution in [0.3, 0.4) is 0 Å². The van der Waals surface area contributed by atoms with Crippen LogP contribution in [0.4, 0.5) is 5.69 Å². The zero-order valence-corrected chi connectivity index (χ0v) is 12.9. The van der Waals surface area contributed by atoms with Crippen molar-refractivity contribution in [3.05, 3.63) is 72.3 Å². The second-order valence-corrected chi connectivity index (χ2v) is 5.27. The van der Waals surface area contributed by atoms with Crippen molar-refractivity contribution in [1.82, 2.24) is 5.43 Å². The van der Waals surface area contributed by atoms with Gasteiger partial charge < -0.3 is 10.4 Å². The monoisotopic (exact) mass is 319 g/mol. The molecule has 0 aliphatic carbocycles. The Hall–Kier alpha value is -3.34. The average Bonchev–Trinajstić information content (AvgIpc) is 2.60.